The van der Waals surface area contributed by atoms with Crippen molar-refractivity contribution in [3.05, 3.63) is 53.9 Å². The van der Waals surface area contributed by atoms with Crippen molar-refractivity contribution in [2.24, 2.45) is 0 Å². The van der Waals surface area contributed by atoms with E-state index in [1.807, 2.05) is 44.6 Å². The molecule has 0 saturated carbocycles. The second kappa shape index (κ2) is 7.47. The van der Waals surface area contributed by atoms with Gasteiger partial charge in [-0.05, 0) is 57.7 Å². The van der Waals surface area contributed by atoms with Crippen LogP contribution >= 0.6 is 0 Å². The standard InChI is InChI=1S/C21H25N5O/c1-15-16(2)24-20-13-17(6-7-19(20)23-15)21(27)26-10-4-3-5-18(26)8-11-25-12-9-22-14-25/h6-7,9,12-14,18H,3-5,8,10-11H2,1-2H3. The second-order valence-electron chi connectivity index (χ2n) is 7.34. The van der Waals surface area contributed by atoms with Crippen LogP contribution in [0.5, 0.6) is 0 Å². The monoisotopic (exact) mass is 363 g/mol. The number of amides is 1. The summed E-state index contributed by atoms with van der Waals surface area (Å²) in [5, 5.41) is 0. The molecule has 27 heavy (non-hydrogen) atoms. The highest BCUT2D eigenvalue weighted by molar-refractivity contribution is 5.97. The molecule has 1 aliphatic heterocycles. The van der Waals surface area contributed by atoms with Crippen molar-refractivity contribution in [1.29, 1.82) is 0 Å². The van der Waals surface area contributed by atoms with Gasteiger partial charge in [-0.1, -0.05) is 0 Å². The fourth-order valence-corrected chi connectivity index (χ4v) is 3.81. The summed E-state index contributed by atoms with van der Waals surface area (Å²) in [6.07, 6.45) is 9.87. The third-order valence-electron chi connectivity index (χ3n) is 5.49. The second-order valence-corrected chi connectivity index (χ2v) is 7.34. The van der Waals surface area contributed by atoms with Crippen molar-refractivity contribution >= 4 is 16.9 Å². The summed E-state index contributed by atoms with van der Waals surface area (Å²) in [6, 6.07) is 5.95. The van der Waals surface area contributed by atoms with E-state index in [4.69, 9.17) is 0 Å². The van der Waals surface area contributed by atoms with Crippen molar-refractivity contribution in [3.63, 3.8) is 0 Å². The van der Waals surface area contributed by atoms with Crippen LogP contribution in [0.25, 0.3) is 11.0 Å². The third kappa shape index (κ3) is 3.70. The van der Waals surface area contributed by atoms with Crippen LogP contribution in [0.1, 0.15) is 47.4 Å². The molecular weight excluding hydrogens is 338 g/mol. The Morgan fingerprint density at radius 2 is 1.96 bits per heavy atom. The molecule has 1 saturated heterocycles. The molecule has 2 aromatic heterocycles. The summed E-state index contributed by atoms with van der Waals surface area (Å²) in [5.41, 5.74) is 4.16. The molecule has 0 N–H and O–H groups in total. The molecule has 6 heteroatoms. The highest BCUT2D eigenvalue weighted by Gasteiger charge is 2.27. The lowest BCUT2D eigenvalue weighted by Gasteiger charge is -2.36. The summed E-state index contributed by atoms with van der Waals surface area (Å²) in [6.45, 7) is 5.62. The number of likely N-dealkylation sites (tertiary alicyclic amines) is 1. The summed E-state index contributed by atoms with van der Waals surface area (Å²) in [7, 11) is 0. The van der Waals surface area contributed by atoms with Crippen molar-refractivity contribution in [1.82, 2.24) is 24.4 Å². The number of imidazole rings is 1. The number of hydrogen-bond acceptors (Lipinski definition) is 4. The average molecular weight is 363 g/mol. The minimum absolute atomic E-state index is 0.104. The number of fused-ring (bicyclic) bond motifs is 1. The van der Waals surface area contributed by atoms with E-state index in [0.717, 1.165) is 54.8 Å². The predicted octanol–water partition coefficient (Wildman–Crippen LogP) is 3.53. The van der Waals surface area contributed by atoms with Gasteiger partial charge in [-0.3, -0.25) is 4.79 Å². The average Bonchev–Trinajstić information content (AvgIpc) is 3.20. The third-order valence-corrected chi connectivity index (χ3v) is 5.49. The fourth-order valence-electron chi connectivity index (χ4n) is 3.81. The Morgan fingerprint density at radius 3 is 2.74 bits per heavy atom. The Balaban J connectivity index is 1.55. The number of aryl methyl sites for hydroxylation is 3. The summed E-state index contributed by atoms with van der Waals surface area (Å²) >= 11 is 0. The molecule has 1 fully saturated rings. The Kier molecular flexibility index (Phi) is 4.88. The molecule has 4 rings (SSSR count). The largest absolute Gasteiger partial charge is 0.337 e. The number of benzene rings is 1. The lowest BCUT2D eigenvalue weighted by atomic mass is 9.98. The maximum atomic E-state index is 13.2. The number of aromatic nitrogens is 4. The van der Waals surface area contributed by atoms with E-state index in [9.17, 15) is 4.79 Å². The van der Waals surface area contributed by atoms with Crippen LogP contribution in [0.3, 0.4) is 0 Å². The van der Waals surface area contributed by atoms with Gasteiger partial charge >= 0.3 is 0 Å². The number of nitrogens with zero attached hydrogens (tertiary/aromatic N) is 5. The van der Waals surface area contributed by atoms with E-state index in [-0.39, 0.29) is 11.9 Å². The van der Waals surface area contributed by atoms with Gasteiger partial charge in [0, 0.05) is 37.1 Å². The van der Waals surface area contributed by atoms with E-state index >= 15 is 0 Å². The maximum absolute atomic E-state index is 13.2. The summed E-state index contributed by atoms with van der Waals surface area (Å²) < 4.78 is 2.08. The van der Waals surface area contributed by atoms with Crippen molar-refractivity contribution < 1.29 is 4.79 Å². The SMILES string of the molecule is Cc1nc2ccc(C(=O)N3CCCCC3CCn3ccnc3)cc2nc1C. The van der Waals surface area contributed by atoms with Crippen LogP contribution in [0.15, 0.2) is 36.9 Å². The van der Waals surface area contributed by atoms with Gasteiger partial charge in [0.25, 0.3) is 5.91 Å². The molecule has 3 heterocycles. The number of hydrogen-bond donors (Lipinski definition) is 0. The first-order valence-corrected chi connectivity index (χ1v) is 9.63. The quantitative estimate of drug-likeness (QED) is 0.711. The zero-order chi connectivity index (χ0) is 18.8. The zero-order valence-corrected chi connectivity index (χ0v) is 15.9. The molecule has 0 aliphatic carbocycles. The lowest BCUT2D eigenvalue weighted by Crippen LogP contribution is -2.44. The Labute approximate surface area is 159 Å². The molecule has 1 amide bonds. The predicted molar refractivity (Wildman–Crippen MR) is 105 cm³/mol. The number of piperidine rings is 1. The molecule has 6 nitrogen and oxygen atoms in total. The van der Waals surface area contributed by atoms with Crippen molar-refractivity contribution in [2.45, 2.75) is 52.1 Å². The van der Waals surface area contributed by atoms with Crippen molar-refractivity contribution in [2.75, 3.05) is 6.54 Å². The van der Waals surface area contributed by atoms with Crippen LogP contribution in [0.2, 0.25) is 0 Å². The van der Waals surface area contributed by atoms with Crippen LogP contribution < -0.4 is 0 Å². The molecule has 140 valence electrons. The zero-order valence-electron chi connectivity index (χ0n) is 15.9. The van der Waals surface area contributed by atoms with Gasteiger partial charge in [-0.15, -0.1) is 0 Å². The number of rotatable bonds is 4. The van der Waals surface area contributed by atoms with Crippen molar-refractivity contribution in [3.8, 4) is 0 Å². The minimum atomic E-state index is 0.104. The molecule has 1 aliphatic rings. The molecule has 0 radical (unpaired) electrons. The Morgan fingerprint density at radius 1 is 1.15 bits per heavy atom. The van der Waals surface area contributed by atoms with Gasteiger partial charge in [0.05, 0.1) is 28.7 Å². The molecule has 0 bridgehead atoms. The summed E-state index contributed by atoms with van der Waals surface area (Å²) in [5.74, 6) is 0.104. The molecule has 3 aromatic rings. The molecule has 1 unspecified atom stereocenters. The maximum Gasteiger partial charge on any atom is 0.254 e. The first-order chi connectivity index (χ1) is 13.1. The molecule has 1 aromatic carbocycles. The van der Waals surface area contributed by atoms with Crippen LogP contribution in [-0.4, -0.2) is 42.9 Å². The smallest absolute Gasteiger partial charge is 0.254 e. The van der Waals surface area contributed by atoms with Gasteiger partial charge in [0.1, 0.15) is 0 Å². The van der Waals surface area contributed by atoms with Gasteiger partial charge in [-0.2, -0.15) is 0 Å². The normalized spacial score (nSPS) is 17.4. The molecular formula is C21H25N5O. The fraction of sp³-hybridized carbons (Fsp3) is 0.429. The molecule has 1 atom stereocenters. The lowest BCUT2D eigenvalue weighted by molar-refractivity contribution is 0.0595. The van der Waals surface area contributed by atoms with E-state index in [0.29, 0.717) is 5.56 Å². The van der Waals surface area contributed by atoms with Crippen LogP contribution in [0.4, 0.5) is 0 Å². The highest BCUT2D eigenvalue weighted by Crippen LogP contribution is 2.24. The van der Waals surface area contributed by atoms with E-state index in [2.05, 4.69) is 24.4 Å². The Bertz CT molecular complexity index is 951. The number of carbonyl (C=O) groups excluding carboxylic acids is 1. The minimum Gasteiger partial charge on any atom is -0.337 e. The number of carbonyl (C=O) groups is 1. The van der Waals surface area contributed by atoms with Gasteiger partial charge < -0.3 is 9.47 Å². The van der Waals surface area contributed by atoms with Crippen LogP contribution in [-0.2, 0) is 6.54 Å². The van der Waals surface area contributed by atoms with Gasteiger partial charge in [0.15, 0.2) is 0 Å². The van der Waals surface area contributed by atoms with Crippen LogP contribution in [0, 0.1) is 13.8 Å². The van der Waals surface area contributed by atoms with E-state index in [1.165, 1.54) is 6.42 Å². The highest BCUT2D eigenvalue weighted by atomic mass is 16.2. The summed E-state index contributed by atoms with van der Waals surface area (Å²) in [4.78, 5) is 28.6. The first-order valence-electron chi connectivity index (χ1n) is 9.63. The van der Waals surface area contributed by atoms with E-state index < -0.39 is 0 Å². The van der Waals surface area contributed by atoms with Gasteiger partial charge in [-0.25, -0.2) is 15.0 Å². The topological polar surface area (TPSA) is 63.9 Å². The molecule has 0 spiro atoms. The van der Waals surface area contributed by atoms with E-state index in [1.54, 1.807) is 6.20 Å². The van der Waals surface area contributed by atoms with Gasteiger partial charge in [0.2, 0.25) is 0 Å². The Hall–Kier alpha value is -2.76. The first kappa shape index (κ1) is 17.6.